The molecule has 5 nitrogen and oxygen atoms in total. The molecule has 1 fully saturated rings. The molecule has 0 saturated carbocycles. The summed E-state index contributed by atoms with van der Waals surface area (Å²) in [5.41, 5.74) is 4.61. The number of carbonyl (C=O) groups is 1. The van der Waals surface area contributed by atoms with Crippen LogP contribution >= 0.6 is 0 Å². The van der Waals surface area contributed by atoms with Crippen molar-refractivity contribution in [3.8, 4) is 0 Å². The summed E-state index contributed by atoms with van der Waals surface area (Å²) in [6, 6.07) is 17.0. The molecule has 1 atom stereocenters. The summed E-state index contributed by atoms with van der Waals surface area (Å²) in [4.78, 5) is 17.3. The third kappa shape index (κ3) is 3.93. The minimum absolute atomic E-state index is 0.0623. The summed E-state index contributed by atoms with van der Waals surface area (Å²) < 4.78 is 5.44. The minimum atomic E-state index is 0.0623. The lowest BCUT2D eigenvalue weighted by molar-refractivity contribution is -0.116. The van der Waals surface area contributed by atoms with Crippen LogP contribution in [0.5, 0.6) is 0 Å². The second-order valence-electron chi connectivity index (χ2n) is 7.29. The average Bonchev–Trinajstić information content (AvgIpc) is 3.02. The number of para-hydroxylation sites is 3. The van der Waals surface area contributed by atoms with E-state index in [1.54, 1.807) is 0 Å². The van der Waals surface area contributed by atoms with Gasteiger partial charge in [0.2, 0.25) is 5.91 Å². The largest absolute Gasteiger partial charge is 0.378 e. The van der Waals surface area contributed by atoms with Gasteiger partial charge >= 0.3 is 0 Å². The van der Waals surface area contributed by atoms with E-state index >= 15 is 0 Å². The standard InChI is InChI=1S/C22H27N3O2/c1-17-16-18-6-2-4-8-20(18)25(17)11-10-22(26)23-19-7-3-5-9-21(19)24-12-14-27-15-13-24/h2-9,17H,10-16H2,1H3,(H,23,26). The Bertz CT molecular complexity index is 802. The molecule has 2 aromatic rings. The summed E-state index contributed by atoms with van der Waals surface area (Å²) in [6.07, 6.45) is 1.54. The number of carbonyl (C=O) groups excluding carboxylic acids is 1. The molecule has 27 heavy (non-hydrogen) atoms. The summed E-state index contributed by atoms with van der Waals surface area (Å²) in [5.74, 6) is 0.0623. The molecular formula is C22H27N3O2. The van der Waals surface area contributed by atoms with Gasteiger partial charge in [0.1, 0.15) is 0 Å². The van der Waals surface area contributed by atoms with Gasteiger partial charge in [-0.2, -0.15) is 0 Å². The molecule has 1 N–H and O–H groups in total. The van der Waals surface area contributed by atoms with E-state index in [1.165, 1.54) is 11.3 Å². The van der Waals surface area contributed by atoms with Crippen LogP contribution in [0.1, 0.15) is 18.9 Å². The predicted octanol–water partition coefficient (Wildman–Crippen LogP) is 3.30. The normalized spacial score (nSPS) is 19.1. The first-order valence-corrected chi connectivity index (χ1v) is 9.78. The fourth-order valence-corrected chi connectivity index (χ4v) is 4.06. The SMILES string of the molecule is CC1Cc2ccccc2N1CCC(=O)Nc1ccccc1N1CCOCC1. The zero-order valence-corrected chi connectivity index (χ0v) is 15.9. The van der Waals surface area contributed by atoms with Gasteiger partial charge < -0.3 is 19.9 Å². The third-order valence-corrected chi connectivity index (χ3v) is 5.46. The highest BCUT2D eigenvalue weighted by Crippen LogP contribution is 2.32. The van der Waals surface area contributed by atoms with Gasteiger partial charge in [-0.15, -0.1) is 0 Å². The smallest absolute Gasteiger partial charge is 0.226 e. The molecule has 0 bridgehead atoms. The molecule has 2 aliphatic rings. The summed E-state index contributed by atoms with van der Waals surface area (Å²) >= 11 is 0. The van der Waals surface area contributed by atoms with Crippen LogP contribution in [0.3, 0.4) is 0 Å². The average molecular weight is 365 g/mol. The van der Waals surface area contributed by atoms with E-state index in [2.05, 4.69) is 52.4 Å². The van der Waals surface area contributed by atoms with Gasteiger partial charge in [0.15, 0.2) is 0 Å². The fraction of sp³-hybridized carbons (Fsp3) is 0.409. The van der Waals surface area contributed by atoms with E-state index in [-0.39, 0.29) is 5.91 Å². The number of rotatable bonds is 5. The van der Waals surface area contributed by atoms with Crippen LogP contribution in [0.4, 0.5) is 17.1 Å². The lowest BCUT2D eigenvalue weighted by atomic mass is 10.1. The lowest BCUT2D eigenvalue weighted by Crippen LogP contribution is -2.37. The van der Waals surface area contributed by atoms with Crippen LogP contribution in [0, 0.1) is 0 Å². The molecule has 1 unspecified atom stereocenters. The number of morpholine rings is 1. The molecule has 0 radical (unpaired) electrons. The highest BCUT2D eigenvalue weighted by molar-refractivity contribution is 5.94. The zero-order valence-electron chi connectivity index (χ0n) is 15.9. The number of ether oxygens (including phenoxy) is 1. The second-order valence-corrected chi connectivity index (χ2v) is 7.29. The van der Waals surface area contributed by atoms with E-state index in [4.69, 9.17) is 4.74 Å². The Kier molecular flexibility index (Phi) is 5.30. The van der Waals surface area contributed by atoms with Crippen LogP contribution in [0.2, 0.25) is 0 Å². The van der Waals surface area contributed by atoms with Gasteiger partial charge in [0.05, 0.1) is 24.6 Å². The monoisotopic (exact) mass is 365 g/mol. The van der Waals surface area contributed by atoms with E-state index < -0.39 is 0 Å². The maximum absolute atomic E-state index is 12.6. The first-order chi connectivity index (χ1) is 13.2. The Morgan fingerprint density at radius 3 is 2.59 bits per heavy atom. The van der Waals surface area contributed by atoms with Crippen molar-refractivity contribution >= 4 is 23.0 Å². The van der Waals surface area contributed by atoms with Crippen molar-refractivity contribution in [3.05, 3.63) is 54.1 Å². The van der Waals surface area contributed by atoms with Crippen LogP contribution < -0.4 is 15.1 Å². The zero-order chi connectivity index (χ0) is 18.6. The molecule has 4 rings (SSSR count). The molecule has 0 spiro atoms. The van der Waals surface area contributed by atoms with E-state index in [0.29, 0.717) is 12.5 Å². The van der Waals surface area contributed by atoms with Crippen LogP contribution in [-0.4, -0.2) is 44.8 Å². The number of nitrogens with zero attached hydrogens (tertiary/aromatic N) is 2. The highest BCUT2D eigenvalue weighted by atomic mass is 16.5. The van der Waals surface area contributed by atoms with Crippen molar-refractivity contribution in [2.75, 3.05) is 48.0 Å². The van der Waals surface area contributed by atoms with E-state index in [0.717, 1.165) is 50.6 Å². The topological polar surface area (TPSA) is 44.8 Å². The second kappa shape index (κ2) is 8.01. The fourth-order valence-electron chi connectivity index (χ4n) is 4.06. The Labute approximate surface area is 160 Å². The molecule has 1 saturated heterocycles. The number of benzene rings is 2. The van der Waals surface area contributed by atoms with Crippen molar-refractivity contribution in [2.45, 2.75) is 25.8 Å². The van der Waals surface area contributed by atoms with Crippen molar-refractivity contribution in [2.24, 2.45) is 0 Å². The molecule has 142 valence electrons. The number of fused-ring (bicyclic) bond motifs is 1. The van der Waals surface area contributed by atoms with Crippen molar-refractivity contribution in [1.29, 1.82) is 0 Å². The Morgan fingerprint density at radius 2 is 1.78 bits per heavy atom. The van der Waals surface area contributed by atoms with Gasteiger partial charge in [0.25, 0.3) is 0 Å². The Morgan fingerprint density at radius 1 is 1.07 bits per heavy atom. The number of anilines is 3. The van der Waals surface area contributed by atoms with E-state index in [1.807, 2.05) is 18.2 Å². The maximum Gasteiger partial charge on any atom is 0.226 e. The Hall–Kier alpha value is -2.53. The number of hydrogen-bond acceptors (Lipinski definition) is 4. The van der Waals surface area contributed by atoms with Crippen molar-refractivity contribution in [1.82, 2.24) is 0 Å². The lowest BCUT2D eigenvalue weighted by Gasteiger charge is -2.30. The van der Waals surface area contributed by atoms with Gasteiger partial charge in [-0.3, -0.25) is 4.79 Å². The number of hydrogen-bond donors (Lipinski definition) is 1. The predicted molar refractivity (Wildman–Crippen MR) is 110 cm³/mol. The van der Waals surface area contributed by atoms with Gasteiger partial charge in [-0.1, -0.05) is 30.3 Å². The maximum atomic E-state index is 12.6. The minimum Gasteiger partial charge on any atom is -0.378 e. The first-order valence-electron chi connectivity index (χ1n) is 9.78. The molecule has 2 aliphatic heterocycles. The van der Waals surface area contributed by atoms with Crippen molar-refractivity contribution < 1.29 is 9.53 Å². The molecule has 0 aliphatic carbocycles. The molecule has 1 amide bonds. The quantitative estimate of drug-likeness (QED) is 0.883. The number of nitrogens with one attached hydrogen (secondary N) is 1. The van der Waals surface area contributed by atoms with Crippen LogP contribution in [0.15, 0.2) is 48.5 Å². The first kappa shape index (κ1) is 17.9. The van der Waals surface area contributed by atoms with Gasteiger partial charge in [-0.25, -0.2) is 0 Å². The van der Waals surface area contributed by atoms with Crippen LogP contribution in [-0.2, 0) is 16.0 Å². The highest BCUT2D eigenvalue weighted by Gasteiger charge is 2.25. The van der Waals surface area contributed by atoms with Gasteiger partial charge in [0, 0.05) is 37.8 Å². The summed E-state index contributed by atoms with van der Waals surface area (Å²) in [7, 11) is 0. The third-order valence-electron chi connectivity index (χ3n) is 5.46. The van der Waals surface area contributed by atoms with Gasteiger partial charge in [-0.05, 0) is 37.1 Å². The molecule has 2 aromatic carbocycles. The Balaban J connectivity index is 1.39. The molecule has 2 heterocycles. The molecule has 5 heteroatoms. The molecule has 0 aromatic heterocycles. The summed E-state index contributed by atoms with van der Waals surface area (Å²) in [5, 5.41) is 3.12. The van der Waals surface area contributed by atoms with E-state index in [9.17, 15) is 4.79 Å². The molecular weight excluding hydrogens is 338 g/mol. The number of amides is 1. The van der Waals surface area contributed by atoms with Crippen LogP contribution in [0.25, 0.3) is 0 Å². The summed E-state index contributed by atoms with van der Waals surface area (Å²) in [6.45, 7) is 6.14. The van der Waals surface area contributed by atoms with Crippen molar-refractivity contribution in [3.63, 3.8) is 0 Å².